The van der Waals surface area contributed by atoms with Crippen LogP contribution >= 0.6 is 0 Å². The number of nitrogens with zero attached hydrogens (tertiary/aromatic N) is 2. The molecule has 0 unspecified atom stereocenters. The molecule has 2 rings (SSSR count). The van der Waals surface area contributed by atoms with Crippen LogP contribution in [0.2, 0.25) is 0 Å². The summed E-state index contributed by atoms with van der Waals surface area (Å²) in [4.78, 5) is 22.2. The molecule has 0 radical (unpaired) electrons. The average molecular weight is 201 g/mol. The Morgan fingerprint density at radius 1 is 1.33 bits per heavy atom. The Morgan fingerprint density at radius 3 is 2.73 bits per heavy atom. The van der Waals surface area contributed by atoms with Crippen molar-refractivity contribution in [3.05, 3.63) is 46.8 Å². The Bertz CT molecular complexity index is 505. The standard InChI is InChI=1S/C11H11N3O/c1-2-9-10(13-7-14-11(9)15)8-3-5-12-6-4-8/h3-7H,2H2,1H3,(H,13,14,15). The maximum atomic E-state index is 11.5. The first-order valence-corrected chi connectivity index (χ1v) is 4.80. The van der Waals surface area contributed by atoms with Crippen molar-refractivity contribution in [1.29, 1.82) is 0 Å². The second-order valence-corrected chi connectivity index (χ2v) is 3.15. The highest BCUT2D eigenvalue weighted by atomic mass is 16.1. The van der Waals surface area contributed by atoms with Gasteiger partial charge in [-0.3, -0.25) is 9.78 Å². The summed E-state index contributed by atoms with van der Waals surface area (Å²) in [5.41, 5.74) is 2.31. The maximum absolute atomic E-state index is 11.5. The molecule has 0 bridgehead atoms. The lowest BCUT2D eigenvalue weighted by molar-refractivity contribution is 1.01. The molecular formula is C11H11N3O. The van der Waals surface area contributed by atoms with Gasteiger partial charge in [0.05, 0.1) is 12.0 Å². The fourth-order valence-electron chi connectivity index (χ4n) is 1.51. The van der Waals surface area contributed by atoms with Gasteiger partial charge in [0.2, 0.25) is 0 Å². The molecule has 76 valence electrons. The van der Waals surface area contributed by atoms with Crippen LogP contribution in [0.3, 0.4) is 0 Å². The Morgan fingerprint density at radius 2 is 2.07 bits per heavy atom. The number of hydrogen-bond donors (Lipinski definition) is 1. The zero-order chi connectivity index (χ0) is 10.7. The van der Waals surface area contributed by atoms with E-state index in [2.05, 4.69) is 15.0 Å². The number of rotatable bonds is 2. The van der Waals surface area contributed by atoms with Crippen molar-refractivity contribution in [3.63, 3.8) is 0 Å². The largest absolute Gasteiger partial charge is 0.313 e. The summed E-state index contributed by atoms with van der Waals surface area (Å²) in [6.45, 7) is 1.94. The molecule has 0 saturated heterocycles. The van der Waals surface area contributed by atoms with Gasteiger partial charge < -0.3 is 4.98 Å². The molecule has 1 N–H and O–H groups in total. The third-order valence-electron chi connectivity index (χ3n) is 2.26. The molecule has 0 fully saturated rings. The molecule has 2 heterocycles. The lowest BCUT2D eigenvalue weighted by Crippen LogP contribution is -2.14. The van der Waals surface area contributed by atoms with E-state index in [1.807, 2.05) is 19.1 Å². The predicted molar refractivity (Wildman–Crippen MR) is 57.5 cm³/mol. The van der Waals surface area contributed by atoms with Crippen LogP contribution in [0.5, 0.6) is 0 Å². The zero-order valence-corrected chi connectivity index (χ0v) is 8.40. The van der Waals surface area contributed by atoms with E-state index in [9.17, 15) is 4.79 Å². The smallest absolute Gasteiger partial charge is 0.254 e. The van der Waals surface area contributed by atoms with Crippen LogP contribution < -0.4 is 5.56 Å². The van der Waals surface area contributed by atoms with Crippen molar-refractivity contribution >= 4 is 0 Å². The minimum Gasteiger partial charge on any atom is -0.313 e. The number of nitrogens with one attached hydrogen (secondary N) is 1. The van der Waals surface area contributed by atoms with Crippen LogP contribution in [-0.4, -0.2) is 15.0 Å². The van der Waals surface area contributed by atoms with Crippen molar-refractivity contribution in [2.24, 2.45) is 0 Å². The third-order valence-corrected chi connectivity index (χ3v) is 2.26. The summed E-state index contributed by atoms with van der Waals surface area (Å²) < 4.78 is 0. The molecule has 0 aromatic carbocycles. The van der Waals surface area contributed by atoms with E-state index in [4.69, 9.17) is 0 Å². The van der Waals surface area contributed by atoms with Crippen molar-refractivity contribution in [2.45, 2.75) is 13.3 Å². The molecule has 0 aliphatic rings. The van der Waals surface area contributed by atoms with Gasteiger partial charge in [0.25, 0.3) is 5.56 Å². The lowest BCUT2D eigenvalue weighted by Gasteiger charge is -2.04. The van der Waals surface area contributed by atoms with Gasteiger partial charge >= 0.3 is 0 Å². The van der Waals surface area contributed by atoms with Gasteiger partial charge in [-0.15, -0.1) is 0 Å². The summed E-state index contributed by atoms with van der Waals surface area (Å²) >= 11 is 0. The summed E-state index contributed by atoms with van der Waals surface area (Å²) in [6.07, 6.45) is 5.48. The molecule has 0 aliphatic heterocycles. The van der Waals surface area contributed by atoms with E-state index >= 15 is 0 Å². The fraction of sp³-hybridized carbons (Fsp3) is 0.182. The second kappa shape index (κ2) is 4.04. The Balaban J connectivity index is 2.63. The van der Waals surface area contributed by atoms with Crippen LogP contribution in [0.25, 0.3) is 11.3 Å². The SMILES string of the molecule is CCc1c(-c2ccncc2)nc[nH]c1=O. The quantitative estimate of drug-likeness (QED) is 0.798. The van der Waals surface area contributed by atoms with Crippen molar-refractivity contribution < 1.29 is 0 Å². The molecule has 4 heteroatoms. The first-order chi connectivity index (χ1) is 7.33. The monoisotopic (exact) mass is 201 g/mol. The topological polar surface area (TPSA) is 58.6 Å². The van der Waals surface area contributed by atoms with Gasteiger partial charge in [0.1, 0.15) is 0 Å². The molecule has 0 spiro atoms. The number of aromatic amines is 1. The number of hydrogen-bond acceptors (Lipinski definition) is 3. The lowest BCUT2D eigenvalue weighted by atomic mass is 10.1. The molecule has 0 atom stereocenters. The Hall–Kier alpha value is -1.97. The second-order valence-electron chi connectivity index (χ2n) is 3.15. The summed E-state index contributed by atoms with van der Waals surface area (Å²) in [5.74, 6) is 0. The molecule has 15 heavy (non-hydrogen) atoms. The van der Waals surface area contributed by atoms with Crippen molar-refractivity contribution in [2.75, 3.05) is 0 Å². The average Bonchev–Trinajstić information content (AvgIpc) is 2.30. The number of aromatic nitrogens is 3. The number of pyridine rings is 1. The maximum Gasteiger partial charge on any atom is 0.254 e. The molecule has 0 aliphatic carbocycles. The highest BCUT2D eigenvalue weighted by Gasteiger charge is 2.07. The van der Waals surface area contributed by atoms with Crippen LogP contribution in [0.1, 0.15) is 12.5 Å². The third kappa shape index (κ3) is 1.79. The van der Waals surface area contributed by atoms with Crippen LogP contribution in [0.15, 0.2) is 35.6 Å². The normalized spacial score (nSPS) is 10.2. The highest BCUT2D eigenvalue weighted by molar-refractivity contribution is 5.61. The van der Waals surface area contributed by atoms with Gasteiger partial charge in [0.15, 0.2) is 0 Å². The summed E-state index contributed by atoms with van der Waals surface area (Å²) in [6, 6.07) is 3.70. The Kier molecular flexibility index (Phi) is 2.58. The molecule has 0 saturated carbocycles. The fourth-order valence-corrected chi connectivity index (χ4v) is 1.51. The minimum absolute atomic E-state index is 0.0701. The molecule has 0 amide bonds. The van der Waals surface area contributed by atoms with E-state index in [0.717, 1.165) is 11.3 Å². The molecule has 4 nitrogen and oxygen atoms in total. The van der Waals surface area contributed by atoms with E-state index in [1.54, 1.807) is 12.4 Å². The van der Waals surface area contributed by atoms with Gasteiger partial charge in [0, 0.05) is 23.5 Å². The van der Waals surface area contributed by atoms with Crippen LogP contribution in [0.4, 0.5) is 0 Å². The predicted octanol–water partition coefficient (Wildman–Crippen LogP) is 1.39. The molecular weight excluding hydrogens is 190 g/mol. The number of H-pyrrole nitrogens is 1. The molecule has 2 aromatic rings. The Labute approximate surface area is 87.0 Å². The van der Waals surface area contributed by atoms with Gasteiger partial charge in [-0.2, -0.15) is 0 Å². The van der Waals surface area contributed by atoms with E-state index in [1.165, 1.54) is 6.33 Å². The van der Waals surface area contributed by atoms with E-state index in [0.29, 0.717) is 12.0 Å². The van der Waals surface area contributed by atoms with Crippen molar-refractivity contribution in [3.8, 4) is 11.3 Å². The van der Waals surface area contributed by atoms with Crippen LogP contribution in [-0.2, 0) is 6.42 Å². The summed E-state index contributed by atoms with van der Waals surface area (Å²) in [7, 11) is 0. The van der Waals surface area contributed by atoms with Gasteiger partial charge in [-0.25, -0.2) is 4.98 Å². The van der Waals surface area contributed by atoms with E-state index < -0.39 is 0 Å². The first kappa shape index (κ1) is 9.58. The van der Waals surface area contributed by atoms with Crippen LogP contribution in [0, 0.1) is 0 Å². The summed E-state index contributed by atoms with van der Waals surface area (Å²) in [5, 5.41) is 0. The van der Waals surface area contributed by atoms with E-state index in [-0.39, 0.29) is 5.56 Å². The van der Waals surface area contributed by atoms with Crippen molar-refractivity contribution in [1.82, 2.24) is 15.0 Å². The molecule has 2 aromatic heterocycles. The van der Waals surface area contributed by atoms with Gasteiger partial charge in [-0.1, -0.05) is 6.92 Å². The van der Waals surface area contributed by atoms with Gasteiger partial charge in [-0.05, 0) is 18.6 Å². The zero-order valence-electron chi connectivity index (χ0n) is 8.40. The highest BCUT2D eigenvalue weighted by Crippen LogP contribution is 2.17. The minimum atomic E-state index is -0.0701. The first-order valence-electron chi connectivity index (χ1n) is 4.80.